The first kappa shape index (κ1) is 21.9. The molecule has 1 atom stereocenters. The normalized spacial score (nSPS) is 12.0. The average molecular weight is 328 g/mol. The van der Waals surface area contributed by atoms with Gasteiger partial charge in [0.05, 0.1) is 19.4 Å². The van der Waals surface area contributed by atoms with E-state index in [0.29, 0.717) is 6.61 Å². The highest BCUT2D eigenvalue weighted by Crippen LogP contribution is 2.09. The van der Waals surface area contributed by atoms with Gasteiger partial charge in [-0.05, 0) is 19.3 Å². The fourth-order valence-corrected chi connectivity index (χ4v) is 2.43. The van der Waals surface area contributed by atoms with Crippen LogP contribution in [0, 0.1) is 0 Å². The number of esters is 2. The lowest BCUT2D eigenvalue weighted by molar-refractivity contribution is -0.154. The first-order chi connectivity index (χ1) is 11.1. The predicted molar refractivity (Wildman–Crippen MR) is 93.3 cm³/mol. The Hall–Kier alpha value is -1.06. The van der Waals surface area contributed by atoms with E-state index >= 15 is 0 Å². The Balaban J connectivity index is 3.54. The van der Waals surface area contributed by atoms with Gasteiger partial charge in [0.1, 0.15) is 6.10 Å². The molecule has 0 saturated carbocycles. The molecule has 4 nitrogen and oxygen atoms in total. The SMILES string of the molecule is CCCCCCCCCOC(=O)CCC(=O)OC(CC)CCC. The third kappa shape index (κ3) is 14.3. The van der Waals surface area contributed by atoms with Gasteiger partial charge in [0, 0.05) is 0 Å². The molecule has 0 aromatic rings. The van der Waals surface area contributed by atoms with E-state index in [-0.39, 0.29) is 30.9 Å². The Labute approximate surface area is 142 Å². The molecule has 23 heavy (non-hydrogen) atoms. The highest BCUT2D eigenvalue weighted by Gasteiger charge is 2.13. The zero-order valence-corrected chi connectivity index (χ0v) is 15.4. The second kappa shape index (κ2) is 15.8. The number of hydrogen-bond donors (Lipinski definition) is 0. The van der Waals surface area contributed by atoms with Crippen LogP contribution in [0.1, 0.15) is 97.8 Å². The fourth-order valence-electron chi connectivity index (χ4n) is 2.43. The largest absolute Gasteiger partial charge is 0.466 e. The molecule has 0 fully saturated rings. The first-order valence-electron chi connectivity index (χ1n) is 9.49. The summed E-state index contributed by atoms with van der Waals surface area (Å²) in [6, 6.07) is 0. The quantitative estimate of drug-likeness (QED) is 0.307. The fraction of sp³-hybridized carbons (Fsp3) is 0.895. The second-order valence-corrected chi connectivity index (χ2v) is 6.15. The molecule has 1 unspecified atom stereocenters. The molecule has 136 valence electrons. The average Bonchev–Trinajstić information content (AvgIpc) is 2.55. The van der Waals surface area contributed by atoms with Gasteiger partial charge in [-0.1, -0.05) is 65.7 Å². The van der Waals surface area contributed by atoms with E-state index in [1.807, 2.05) is 6.92 Å². The lowest BCUT2D eigenvalue weighted by Crippen LogP contribution is -2.18. The van der Waals surface area contributed by atoms with Crippen LogP contribution in [0.2, 0.25) is 0 Å². The van der Waals surface area contributed by atoms with Crippen LogP contribution in [-0.2, 0) is 19.1 Å². The van der Waals surface area contributed by atoms with Crippen LogP contribution in [-0.4, -0.2) is 24.6 Å². The van der Waals surface area contributed by atoms with Crippen molar-refractivity contribution in [3.8, 4) is 0 Å². The maximum absolute atomic E-state index is 11.7. The Morgan fingerprint density at radius 1 is 0.783 bits per heavy atom. The summed E-state index contributed by atoms with van der Waals surface area (Å²) in [5.74, 6) is -0.588. The molecule has 0 heterocycles. The molecular weight excluding hydrogens is 292 g/mol. The van der Waals surface area contributed by atoms with Gasteiger partial charge in [-0.3, -0.25) is 9.59 Å². The number of ether oxygens (including phenoxy) is 2. The third-order valence-corrected chi connectivity index (χ3v) is 3.91. The molecule has 0 saturated heterocycles. The van der Waals surface area contributed by atoms with Gasteiger partial charge >= 0.3 is 11.9 Å². The zero-order chi connectivity index (χ0) is 17.3. The van der Waals surface area contributed by atoms with Gasteiger partial charge in [0.15, 0.2) is 0 Å². The maximum Gasteiger partial charge on any atom is 0.306 e. The third-order valence-electron chi connectivity index (χ3n) is 3.91. The van der Waals surface area contributed by atoms with Crippen molar-refractivity contribution >= 4 is 11.9 Å². The van der Waals surface area contributed by atoms with Crippen LogP contribution in [0.3, 0.4) is 0 Å². The van der Waals surface area contributed by atoms with E-state index in [1.54, 1.807) is 0 Å². The van der Waals surface area contributed by atoms with Crippen molar-refractivity contribution in [2.45, 2.75) is 104 Å². The van der Waals surface area contributed by atoms with Crippen molar-refractivity contribution in [2.75, 3.05) is 6.61 Å². The van der Waals surface area contributed by atoms with Gasteiger partial charge < -0.3 is 9.47 Å². The van der Waals surface area contributed by atoms with E-state index in [1.165, 1.54) is 32.1 Å². The van der Waals surface area contributed by atoms with Crippen molar-refractivity contribution in [2.24, 2.45) is 0 Å². The highest BCUT2D eigenvalue weighted by molar-refractivity contribution is 5.77. The first-order valence-corrected chi connectivity index (χ1v) is 9.49. The van der Waals surface area contributed by atoms with E-state index in [4.69, 9.17) is 9.47 Å². The lowest BCUT2D eigenvalue weighted by Gasteiger charge is -2.15. The van der Waals surface area contributed by atoms with Gasteiger partial charge in [-0.15, -0.1) is 0 Å². The molecule has 0 rings (SSSR count). The number of hydrogen-bond acceptors (Lipinski definition) is 4. The molecule has 0 aliphatic heterocycles. The van der Waals surface area contributed by atoms with Gasteiger partial charge in [0.25, 0.3) is 0 Å². The van der Waals surface area contributed by atoms with Crippen molar-refractivity contribution in [3.63, 3.8) is 0 Å². The molecule has 0 spiro atoms. The lowest BCUT2D eigenvalue weighted by atomic mass is 10.1. The van der Waals surface area contributed by atoms with Gasteiger partial charge in [-0.25, -0.2) is 0 Å². The Kier molecular flexibility index (Phi) is 15.1. The summed E-state index contributed by atoms with van der Waals surface area (Å²) in [4.78, 5) is 23.2. The molecular formula is C19H36O4. The summed E-state index contributed by atoms with van der Waals surface area (Å²) in [7, 11) is 0. The topological polar surface area (TPSA) is 52.6 Å². The van der Waals surface area contributed by atoms with Crippen LogP contribution in [0.15, 0.2) is 0 Å². The smallest absolute Gasteiger partial charge is 0.306 e. The van der Waals surface area contributed by atoms with Crippen molar-refractivity contribution in [3.05, 3.63) is 0 Å². The zero-order valence-electron chi connectivity index (χ0n) is 15.4. The highest BCUT2D eigenvalue weighted by atomic mass is 16.5. The van der Waals surface area contributed by atoms with E-state index in [0.717, 1.165) is 32.1 Å². The second-order valence-electron chi connectivity index (χ2n) is 6.15. The standard InChI is InChI=1S/C19H36O4/c1-4-7-8-9-10-11-12-16-22-18(20)14-15-19(21)23-17(6-3)13-5-2/h17H,4-16H2,1-3H3. The Morgan fingerprint density at radius 3 is 2.00 bits per heavy atom. The molecule has 0 radical (unpaired) electrons. The Morgan fingerprint density at radius 2 is 1.39 bits per heavy atom. The molecule has 0 N–H and O–H groups in total. The number of unbranched alkanes of at least 4 members (excludes halogenated alkanes) is 6. The minimum absolute atomic E-state index is 0.0174. The van der Waals surface area contributed by atoms with Crippen LogP contribution >= 0.6 is 0 Å². The Bertz CT molecular complexity index is 302. The van der Waals surface area contributed by atoms with Gasteiger partial charge in [0.2, 0.25) is 0 Å². The maximum atomic E-state index is 11.7. The van der Waals surface area contributed by atoms with Gasteiger partial charge in [-0.2, -0.15) is 0 Å². The van der Waals surface area contributed by atoms with Crippen molar-refractivity contribution in [1.82, 2.24) is 0 Å². The van der Waals surface area contributed by atoms with Crippen LogP contribution < -0.4 is 0 Å². The molecule has 0 amide bonds. The van der Waals surface area contributed by atoms with Crippen molar-refractivity contribution in [1.29, 1.82) is 0 Å². The minimum atomic E-state index is -0.295. The summed E-state index contributed by atoms with van der Waals surface area (Å²) < 4.78 is 10.5. The van der Waals surface area contributed by atoms with E-state index in [2.05, 4.69) is 13.8 Å². The molecule has 4 heteroatoms. The predicted octanol–water partition coefficient (Wildman–Crippen LogP) is 5.18. The van der Waals surface area contributed by atoms with Crippen LogP contribution in [0.4, 0.5) is 0 Å². The van der Waals surface area contributed by atoms with E-state index in [9.17, 15) is 9.59 Å². The number of rotatable bonds is 15. The van der Waals surface area contributed by atoms with Crippen molar-refractivity contribution < 1.29 is 19.1 Å². The molecule has 0 aliphatic carbocycles. The summed E-state index contributed by atoms with van der Waals surface area (Å²) in [5.41, 5.74) is 0. The summed E-state index contributed by atoms with van der Waals surface area (Å²) in [6.45, 7) is 6.75. The number of carbonyl (C=O) groups is 2. The molecule has 0 aromatic carbocycles. The summed E-state index contributed by atoms with van der Waals surface area (Å²) in [5, 5.41) is 0. The van der Waals surface area contributed by atoms with Crippen LogP contribution in [0.25, 0.3) is 0 Å². The minimum Gasteiger partial charge on any atom is -0.466 e. The summed E-state index contributed by atoms with van der Waals surface area (Å²) in [6.07, 6.45) is 11.3. The summed E-state index contributed by atoms with van der Waals surface area (Å²) >= 11 is 0. The monoisotopic (exact) mass is 328 g/mol. The molecule has 0 bridgehead atoms. The van der Waals surface area contributed by atoms with Crippen LogP contribution in [0.5, 0.6) is 0 Å². The van der Waals surface area contributed by atoms with E-state index < -0.39 is 0 Å². The molecule has 0 aliphatic rings. The molecule has 0 aromatic heterocycles. The number of carbonyl (C=O) groups excluding carboxylic acids is 2.